The van der Waals surface area contributed by atoms with Gasteiger partial charge in [-0.1, -0.05) is 0 Å². The number of nitrogens with one attached hydrogen (secondary N) is 2. The van der Waals surface area contributed by atoms with Crippen molar-refractivity contribution in [3.8, 4) is 5.75 Å². The molecule has 1 heterocycles. The number of sulfone groups is 1. The fraction of sp³-hybridized carbons (Fsp3) is 0.562. The smallest absolute Gasteiger partial charge is 0.387 e. The quantitative estimate of drug-likeness (QED) is 0.645. The van der Waals surface area contributed by atoms with Crippen LogP contribution < -0.4 is 15.0 Å². The average Bonchev–Trinajstić information content (AvgIpc) is 2.88. The maximum atomic E-state index is 12.2. The zero-order chi connectivity index (χ0) is 19.3. The molecule has 1 saturated heterocycles. The number of halogens is 2. The molecule has 0 amide bonds. The molecule has 1 aromatic carbocycles. The molecule has 0 unspecified atom stereocenters. The van der Waals surface area contributed by atoms with Crippen molar-refractivity contribution in [2.75, 3.05) is 44.0 Å². The summed E-state index contributed by atoms with van der Waals surface area (Å²) in [5.74, 6) is 0.329. The first-order chi connectivity index (χ1) is 12.2. The second-order valence-corrected chi connectivity index (χ2v) is 9.16. The summed E-state index contributed by atoms with van der Waals surface area (Å²) in [6.07, 6.45) is 0.550. The third-order valence-corrected chi connectivity index (χ3v) is 6.18. The van der Waals surface area contributed by atoms with Crippen LogP contribution in [0, 0.1) is 0 Å². The summed E-state index contributed by atoms with van der Waals surface area (Å²) in [5, 5.41) is 3.49. The Balaban J connectivity index is 2.05. The number of quaternary nitrogens is 1. The summed E-state index contributed by atoms with van der Waals surface area (Å²) in [6.45, 7) is -1.44. The Bertz CT molecular complexity index is 712. The largest absolute Gasteiger partial charge is 0.435 e. The molecule has 0 aliphatic carbocycles. The summed E-state index contributed by atoms with van der Waals surface area (Å²) in [4.78, 5) is 3.14. The lowest BCUT2D eigenvalue weighted by atomic mass is 10.2. The van der Waals surface area contributed by atoms with E-state index < -0.39 is 16.4 Å². The molecule has 1 atom stereocenters. The van der Waals surface area contributed by atoms with E-state index in [1.165, 1.54) is 17.0 Å². The van der Waals surface area contributed by atoms with Crippen molar-refractivity contribution in [2.45, 2.75) is 19.1 Å². The molecule has 0 bridgehead atoms. The van der Waals surface area contributed by atoms with E-state index in [0.717, 1.165) is 6.54 Å². The molecule has 2 N–H and O–H groups in total. The van der Waals surface area contributed by atoms with Gasteiger partial charge in [0.15, 0.2) is 14.9 Å². The highest BCUT2D eigenvalue weighted by molar-refractivity contribution is 7.91. The Labute approximate surface area is 158 Å². The van der Waals surface area contributed by atoms with E-state index in [0.29, 0.717) is 23.8 Å². The molecule has 0 radical (unpaired) electrons. The lowest BCUT2D eigenvalue weighted by Gasteiger charge is -2.31. The van der Waals surface area contributed by atoms with Gasteiger partial charge < -0.3 is 19.9 Å². The van der Waals surface area contributed by atoms with Gasteiger partial charge in [0.25, 0.3) is 0 Å². The standard InChI is InChI=1S/C16H23F2N3O3S2/c1-20(2)8-9-21(13-7-10-26(22,23)11-13)16(25)19-12-3-5-14(6-4-12)24-15(17)18/h3-6,13,15H,7-11H2,1-2H3,(H,19,25)/p+1/t13-/m1/s1. The van der Waals surface area contributed by atoms with Crippen LogP contribution in [0.1, 0.15) is 6.42 Å². The Hall–Kier alpha value is -1.52. The first-order valence-corrected chi connectivity index (χ1v) is 10.5. The van der Waals surface area contributed by atoms with E-state index in [9.17, 15) is 17.2 Å². The maximum Gasteiger partial charge on any atom is 0.387 e. The van der Waals surface area contributed by atoms with Crippen molar-refractivity contribution in [1.82, 2.24) is 4.90 Å². The Morgan fingerprint density at radius 2 is 2.04 bits per heavy atom. The number of likely N-dealkylation sites (N-methyl/N-ethyl adjacent to an activating group) is 1. The zero-order valence-electron chi connectivity index (χ0n) is 14.7. The van der Waals surface area contributed by atoms with Crippen LogP contribution in [0.25, 0.3) is 0 Å². The highest BCUT2D eigenvalue weighted by Gasteiger charge is 2.33. The molecule has 6 nitrogen and oxygen atoms in total. The normalized spacial score (nSPS) is 18.9. The minimum atomic E-state index is -3.03. The molecule has 0 spiro atoms. The lowest BCUT2D eigenvalue weighted by Crippen LogP contribution is -3.06. The highest BCUT2D eigenvalue weighted by Crippen LogP contribution is 2.21. The van der Waals surface area contributed by atoms with Crippen molar-refractivity contribution < 1.29 is 26.8 Å². The molecule has 1 aliphatic rings. The third kappa shape index (κ3) is 6.33. The number of hydrogen-bond acceptors (Lipinski definition) is 4. The molecule has 1 aliphatic heterocycles. The van der Waals surface area contributed by atoms with Crippen molar-refractivity contribution in [1.29, 1.82) is 0 Å². The molecule has 26 heavy (non-hydrogen) atoms. The van der Waals surface area contributed by atoms with E-state index in [-0.39, 0.29) is 23.3 Å². The first-order valence-electron chi connectivity index (χ1n) is 8.28. The predicted octanol–water partition coefficient (Wildman–Crippen LogP) is 0.618. The summed E-state index contributed by atoms with van der Waals surface area (Å²) in [5.41, 5.74) is 0.625. The third-order valence-electron chi connectivity index (χ3n) is 4.09. The topological polar surface area (TPSA) is 63.1 Å². The number of thiocarbonyl (C=S) groups is 1. The zero-order valence-corrected chi connectivity index (χ0v) is 16.4. The van der Waals surface area contributed by atoms with Gasteiger partial charge in [-0.25, -0.2) is 8.42 Å². The number of anilines is 1. The predicted molar refractivity (Wildman–Crippen MR) is 101 cm³/mol. The number of ether oxygens (including phenoxy) is 1. The molecule has 1 aromatic rings. The average molecular weight is 409 g/mol. The molecule has 1 fully saturated rings. The number of nitrogens with zero attached hydrogens (tertiary/aromatic N) is 1. The summed E-state index contributed by atoms with van der Waals surface area (Å²) < 4.78 is 52.4. The fourth-order valence-corrected chi connectivity index (χ4v) is 4.82. The van der Waals surface area contributed by atoms with E-state index in [1.807, 2.05) is 19.0 Å². The van der Waals surface area contributed by atoms with E-state index in [1.54, 1.807) is 12.1 Å². The molecule has 0 aromatic heterocycles. The minimum absolute atomic E-state index is 0.0615. The summed E-state index contributed by atoms with van der Waals surface area (Å²) in [6, 6.07) is 5.87. The number of rotatable bonds is 7. The highest BCUT2D eigenvalue weighted by atomic mass is 32.2. The maximum absolute atomic E-state index is 12.2. The van der Waals surface area contributed by atoms with Crippen LogP contribution in [0.5, 0.6) is 5.75 Å². The van der Waals surface area contributed by atoms with Crippen LogP contribution in [0.4, 0.5) is 14.5 Å². The van der Waals surface area contributed by atoms with Crippen LogP contribution in [-0.2, 0) is 9.84 Å². The van der Waals surface area contributed by atoms with Gasteiger partial charge in [0.05, 0.1) is 38.7 Å². The van der Waals surface area contributed by atoms with Crippen LogP contribution in [0.15, 0.2) is 24.3 Å². The molecule has 146 valence electrons. The van der Waals surface area contributed by atoms with E-state index >= 15 is 0 Å². The Morgan fingerprint density at radius 3 is 2.54 bits per heavy atom. The number of benzene rings is 1. The van der Waals surface area contributed by atoms with Crippen molar-refractivity contribution in [2.24, 2.45) is 0 Å². The second kappa shape index (κ2) is 8.92. The van der Waals surface area contributed by atoms with Gasteiger partial charge in [-0.15, -0.1) is 0 Å². The number of alkyl halides is 2. The van der Waals surface area contributed by atoms with E-state index in [2.05, 4.69) is 10.1 Å². The van der Waals surface area contributed by atoms with Gasteiger partial charge in [-0.2, -0.15) is 8.78 Å². The fourth-order valence-electron chi connectivity index (χ4n) is 2.73. The molecule has 2 rings (SSSR count). The Morgan fingerprint density at radius 1 is 1.38 bits per heavy atom. The Kier molecular flexibility index (Phi) is 7.13. The number of hydrogen-bond donors (Lipinski definition) is 2. The van der Waals surface area contributed by atoms with Crippen molar-refractivity contribution >= 4 is 32.9 Å². The van der Waals surface area contributed by atoms with Crippen molar-refractivity contribution in [3.05, 3.63) is 24.3 Å². The van der Waals surface area contributed by atoms with E-state index in [4.69, 9.17) is 12.2 Å². The molecular weight excluding hydrogens is 384 g/mol. The van der Waals surface area contributed by atoms with Gasteiger partial charge in [-0.05, 0) is 42.9 Å². The van der Waals surface area contributed by atoms with Gasteiger partial charge in [0.1, 0.15) is 5.75 Å². The van der Waals surface area contributed by atoms with Gasteiger partial charge in [0, 0.05) is 11.7 Å². The van der Waals surface area contributed by atoms with Crippen LogP contribution in [0.3, 0.4) is 0 Å². The summed E-state index contributed by atoms with van der Waals surface area (Å²) >= 11 is 5.48. The van der Waals surface area contributed by atoms with Crippen molar-refractivity contribution in [3.63, 3.8) is 0 Å². The van der Waals surface area contributed by atoms with Gasteiger partial charge in [-0.3, -0.25) is 0 Å². The molecule has 10 heteroatoms. The van der Waals surface area contributed by atoms with Crippen LogP contribution in [0.2, 0.25) is 0 Å². The molecular formula is C16H24F2N3O3S2+. The monoisotopic (exact) mass is 408 g/mol. The second-order valence-electron chi connectivity index (χ2n) is 6.54. The lowest BCUT2D eigenvalue weighted by molar-refractivity contribution is -0.857. The van der Waals surface area contributed by atoms with Gasteiger partial charge >= 0.3 is 6.61 Å². The molecule has 0 saturated carbocycles. The summed E-state index contributed by atoms with van der Waals surface area (Å²) in [7, 11) is 1.01. The SMILES string of the molecule is C[NH+](C)CCN(C(=S)Nc1ccc(OC(F)F)cc1)[C@@H]1CCS(=O)(=O)C1. The minimum Gasteiger partial charge on any atom is -0.435 e. The first kappa shape index (κ1) is 20.8. The van der Waals surface area contributed by atoms with Gasteiger partial charge in [0.2, 0.25) is 0 Å². The van der Waals surface area contributed by atoms with Crippen LogP contribution >= 0.6 is 12.2 Å². The van der Waals surface area contributed by atoms with Crippen LogP contribution in [-0.4, -0.2) is 69.8 Å².